The summed E-state index contributed by atoms with van der Waals surface area (Å²) in [5.74, 6) is 0.942. The smallest absolute Gasteiger partial charge is 0.253 e. The Morgan fingerprint density at radius 3 is 2.37 bits per heavy atom. The molecule has 0 bridgehead atoms. The van der Waals surface area contributed by atoms with Crippen LogP contribution < -0.4 is 10.2 Å². The van der Waals surface area contributed by atoms with Crippen LogP contribution in [0.3, 0.4) is 0 Å². The average Bonchev–Trinajstić information content (AvgIpc) is 2.57. The number of hydrogen-bond donors (Lipinski definition) is 1. The van der Waals surface area contributed by atoms with Crippen LogP contribution in [-0.2, 0) is 10.2 Å². The van der Waals surface area contributed by atoms with E-state index in [2.05, 4.69) is 51.8 Å². The van der Waals surface area contributed by atoms with E-state index >= 15 is 0 Å². The maximum absolute atomic E-state index is 13.0. The van der Waals surface area contributed by atoms with Crippen molar-refractivity contribution in [1.82, 2.24) is 10.3 Å². The third-order valence-electron chi connectivity index (χ3n) is 4.86. The number of pyridine rings is 1. The van der Waals surface area contributed by atoms with Crippen LogP contribution in [0.4, 0.5) is 5.82 Å². The van der Waals surface area contributed by atoms with Crippen LogP contribution in [0.15, 0.2) is 6.07 Å². The Balaban J connectivity index is 2.22. The Bertz CT molecular complexity index is 651. The van der Waals surface area contributed by atoms with Crippen LogP contribution in [0.5, 0.6) is 0 Å². The third-order valence-corrected chi connectivity index (χ3v) is 4.86. The number of ether oxygens (including phenoxy) is 1. The van der Waals surface area contributed by atoms with Gasteiger partial charge in [-0.1, -0.05) is 41.5 Å². The highest BCUT2D eigenvalue weighted by molar-refractivity contribution is 5.97. The van der Waals surface area contributed by atoms with E-state index in [1.807, 2.05) is 13.0 Å². The van der Waals surface area contributed by atoms with E-state index in [9.17, 15) is 4.79 Å². The fraction of sp³-hybridized carbons (Fsp3) is 0.727. The van der Waals surface area contributed by atoms with Crippen molar-refractivity contribution in [2.75, 3.05) is 37.7 Å². The molecule has 5 nitrogen and oxygen atoms in total. The van der Waals surface area contributed by atoms with Crippen molar-refractivity contribution in [2.24, 2.45) is 5.41 Å². The van der Waals surface area contributed by atoms with Gasteiger partial charge in [-0.05, 0) is 36.8 Å². The predicted molar refractivity (Wildman–Crippen MR) is 112 cm³/mol. The van der Waals surface area contributed by atoms with Crippen molar-refractivity contribution in [3.05, 3.63) is 22.9 Å². The maximum atomic E-state index is 13.0. The molecule has 0 atom stereocenters. The molecule has 1 N–H and O–H groups in total. The molecule has 0 aliphatic carbocycles. The van der Waals surface area contributed by atoms with Crippen molar-refractivity contribution in [1.29, 1.82) is 0 Å². The minimum absolute atomic E-state index is 0.00707. The van der Waals surface area contributed by atoms with Crippen LogP contribution in [0, 0.1) is 12.3 Å². The summed E-state index contributed by atoms with van der Waals surface area (Å²) in [6, 6.07) is 2.05. The van der Waals surface area contributed by atoms with Gasteiger partial charge in [-0.3, -0.25) is 4.79 Å². The van der Waals surface area contributed by atoms with E-state index in [-0.39, 0.29) is 11.3 Å². The van der Waals surface area contributed by atoms with Crippen LogP contribution in [0.2, 0.25) is 0 Å². The minimum Gasteiger partial charge on any atom is -0.378 e. The van der Waals surface area contributed by atoms with Crippen LogP contribution in [0.25, 0.3) is 0 Å². The van der Waals surface area contributed by atoms with Crippen molar-refractivity contribution < 1.29 is 9.53 Å². The number of hydrogen-bond acceptors (Lipinski definition) is 4. The highest BCUT2D eigenvalue weighted by Crippen LogP contribution is 2.30. The fourth-order valence-corrected chi connectivity index (χ4v) is 3.35. The second kappa shape index (κ2) is 8.59. The lowest BCUT2D eigenvalue weighted by Gasteiger charge is -2.31. The summed E-state index contributed by atoms with van der Waals surface area (Å²) in [4.78, 5) is 20.1. The van der Waals surface area contributed by atoms with Gasteiger partial charge < -0.3 is 15.0 Å². The van der Waals surface area contributed by atoms with Gasteiger partial charge in [0.15, 0.2) is 0 Å². The average molecular weight is 376 g/mol. The molecular formula is C22H37N3O2. The molecular weight excluding hydrogens is 338 g/mol. The first-order chi connectivity index (χ1) is 12.5. The molecule has 1 saturated heterocycles. The van der Waals surface area contributed by atoms with Gasteiger partial charge in [0, 0.05) is 25.0 Å². The minimum atomic E-state index is -0.203. The molecule has 0 radical (unpaired) electrons. The zero-order valence-electron chi connectivity index (χ0n) is 18.2. The number of carbonyl (C=O) groups is 1. The first-order valence-electron chi connectivity index (χ1n) is 10.1. The van der Waals surface area contributed by atoms with E-state index < -0.39 is 0 Å². The van der Waals surface area contributed by atoms with Gasteiger partial charge in [0.1, 0.15) is 5.82 Å². The van der Waals surface area contributed by atoms with Gasteiger partial charge in [0.05, 0.1) is 24.5 Å². The van der Waals surface area contributed by atoms with Crippen molar-refractivity contribution in [3.63, 3.8) is 0 Å². The molecule has 27 heavy (non-hydrogen) atoms. The Hall–Kier alpha value is -1.62. The van der Waals surface area contributed by atoms with Crippen molar-refractivity contribution in [3.8, 4) is 0 Å². The molecule has 0 unspecified atom stereocenters. The maximum Gasteiger partial charge on any atom is 0.253 e. The lowest BCUT2D eigenvalue weighted by molar-refractivity contribution is 0.0948. The first kappa shape index (κ1) is 21.7. The van der Waals surface area contributed by atoms with E-state index in [4.69, 9.17) is 9.72 Å². The summed E-state index contributed by atoms with van der Waals surface area (Å²) in [6.45, 7) is 18.9. The molecule has 1 aliphatic heterocycles. The van der Waals surface area contributed by atoms with E-state index in [1.54, 1.807) is 0 Å². The molecule has 152 valence electrons. The van der Waals surface area contributed by atoms with Gasteiger partial charge in [-0.2, -0.15) is 0 Å². The quantitative estimate of drug-likeness (QED) is 0.788. The summed E-state index contributed by atoms with van der Waals surface area (Å²) in [5, 5.41) is 3.11. The Morgan fingerprint density at radius 2 is 1.81 bits per heavy atom. The normalized spacial score (nSPS) is 15.7. The number of morpholine rings is 1. The summed E-state index contributed by atoms with van der Waals surface area (Å²) >= 11 is 0. The molecule has 2 heterocycles. The fourth-order valence-electron chi connectivity index (χ4n) is 3.35. The lowest BCUT2D eigenvalue weighted by Crippen LogP contribution is -2.38. The Kier molecular flexibility index (Phi) is 6.90. The topological polar surface area (TPSA) is 54.5 Å². The third kappa shape index (κ3) is 6.20. The Labute approximate surface area is 164 Å². The molecule has 2 rings (SSSR count). The number of carbonyl (C=O) groups excluding carboxylic acids is 1. The number of nitrogens with one attached hydrogen (secondary N) is 1. The van der Waals surface area contributed by atoms with E-state index in [0.29, 0.717) is 12.0 Å². The van der Waals surface area contributed by atoms with E-state index in [1.165, 1.54) is 0 Å². The van der Waals surface area contributed by atoms with Crippen LogP contribution >= 0.6 is 0 Å². The number of amides is 1. The number of rotatable bonds is 5. The van der Waals surface area contributed by atoms with Gasteiger partial charge in [0.2, 0.25) is 0 Å². The molecule has 0 aromatic carbocycles. The zero-order chi connectivity index (χ0) is 20.2. The molecule has 5 heteroatoms. The first-order valence-corrected chi connectivity index (χ1v) is 10.1. The Morgan fingerprint density at radius 1 is 1.19 bits per heavy atom. The predicted octanol–water partition coefficient (Wildman–Crippen LogP) is 4.08. The molecule has 1 aliphatic rings. The lowest BCUT2D eigenvalue weighted by atomic mass is 9.86. The summed E-state index contributed by atoms with van der Waals surface area (Å²) in [7, 11) is 0. The summed E-state index contributed by atoms with van der Waals surface area (Å²) in [6.07, 6.45) is 2.07. The number of nitrogens with zero attached hydrogens (tertiary/aromatic N) is 2. The molecule has 0 spiro atoms. The second-order valence-corrected chi connectivity index (χ2v) is 9.79. The van der Waals surface area contributed by atoms with Crippen LogP contribution in [0.1, 0.15) is 76.0 Å². The monoisotopic (exact) mass is 375 g/mol. The number of aromatic nitrogens is 1. The highest BCUT2D eigenvalue weighted by Gasteiger charge is 2.27. The van der Waals surface area contributed by atoms with Crippen molar-refractivity contribution in [2.45, 2.75) is 66.7 Å². The van der Waals surface area contributed by atoms with Crippen molar-refractivity contribution >= 4 is 11.7 Å². The second-order valence-electron chi connectivity index (χ2n) is 9.79. The number of anilines is 1. The zero-order valence-corrected chi connectivity index (χ0v) is 18.2. The molecule has 1 amide bonds. The largest absolute Gasteiger partial charge is 0.378 e. The van der Waals surface area contributed by atoms with Gasteiger partial charge >= 0.3 is 0 Å². The van der Waals surface area contributed by atoms with E-state index in [0.717, 1.165) is 61.8 Å². The van der Waals surface area contributed by atoms with Crippen LogP contribution in [-0.4, -0.2) is 43.7 Å². The molecule has 1 fully saturated rings. The van der Waals surface area contributed by atoms with Gasteiger partial charge in [-0.25, -0.2) is 4.98 Å². The molecule has 1 aromatic rings. The SMILES string of the molecule is Cc1cc(N2CCOCC2)nc(C(C)(C)C)c1C(=O)NCCCC(C)(C)C. The standard InChI is InChI=1S/C22H37N3O2/c1-16-15-17(25-11-13-27-14-12-25)24-19(22(5,6)7)18(16)20(26)23-10-8-9-21(2,3)4/h15H,8-14H2,1-7H3,(H,23,26). The summed E-state index contributed by atoms with van der Waals surface area (Å²) in [5.41, 5.74) is 2.68. The highest BCUT2D eigenvalue weighted by atomic mass is 16.5. The summed E-state index contributed by atoms with van der Waals surface area (Å²) < 4.78 is 5.46. The van der Waals surface area contributed by atoms with Gasteiger partial charge in [-0.15, -0.1) is 0 Å². The van der Waals surface area contributed by atoms with Gasteiger partial charge in [0.25, 0.3) is 5.91 Å². The molecule has 1 aromatic heterocycles. The molecule has 0 saturated carbocycles. The number of aryl methyl sites for hydroxylation is 1.